The van der Waals surface area contributed by atoms with Gasteiger partial charge in [-0.05, 0) is 42.8 Å². The minimum absolute atomic E-state index is 0.0186. The molecule has 0 bridgehead atoms. The van der Waals surface area contributed by atoms with Crippen LogP contribution < -0.4 is 4.74 Å². The first-order valence-electron chi connectivity index (χ1n) is 5.69. The molecule has 0 radical (unpaired) electrons. The molecular weight excluding hydrogens is 251 g/mol. The molecule has 0 aliphatic carbocycles. The normalized spacial score (nSPS) is 10.3. The minimum Gasteiger partial charge on any atom is -0.485 e. The molecule has 1 heterocycles. The van der Waals surface area contributed by atoms with E-state index in [2.05, 4.69) is 6.92 Å². The molecule has 0 aliphatic rings. The second kappa shape index (κ2) is 5.78. The number of aryl methyl sites for hydroxylation is 1. The van der Waals surface area contributed by atoms with Crippen molar-refractivity contribution in [1.82, 2.24) is 0 Å². The number of Topliss-reactive ketones (excluding diaryl/α,β-unsaturated/α-hetero) is 1. The fourth-order valence-electron chi connectivity index (χ4n) is 1.47. The van der Waals surface area contributed by atoms with Crippen molar-refractivity contribution in [3.05, 3.63) is 52.0 Å². The highest BCUT2D eigenvalue weighted by Crippen LogP contribution is 2.18. The van der Waals surface area contributed by atoms with Crippen LogP contribution in [0.5, 0.6) is 5.75 Å². The van der Waals surface area contributed by atoms with E-state index in [1.54, 1.807) is 0 Å². The lowest BCUT2D eigenvalue weighted by atomic mass is 10.3. The monoisotopic (exact) mass is 264 g/mol. The molecular formula is C14H13FO2S. The second-order valence-electron chi connectivity index (χ2n) is 3.79. The summed E-state index contributed by atoms with van der Waals surface area (Å²) in [6, 6.07) is 9.40. The zero-order valence-corrected chi connectivity index (χ0v) is 10.8. The quantitative estimate of drug-likeness (QED) is 0.769. The number of rotatable bonds is 5. The molecule has 1 aromatic carbocycles. The predicted molar refractivity (Wildman–Crippen MR) is 69.9 cm³/mol. The second-order valence-corrected chi connectivity index (χ2v) is 4.95. The molecule has 0 saturated carbocycles. The topological polar surface area (TPSA) is 26.3 Å². The highest BCUT2D eigenvalue weighted by atomic mass is 32.1. The van der Waals surface area contributed by atoms with Crippen LogP contribution in [0.4, 0.5) is 4.39 Å². The molecule has 0 N–H and O–H groups in total. The molecule has 0 saturated heterocycles. The summed E-state index contributed by atoms with van der Waals surface area (Å²) in [6.07, 6.45) is 0.927. The van der Waals surface area contributed by atoms with Gasteiger partial charge < -0.3 is 4.74 Å². The van der Waals surface area contributed by atoms with Crippen molar-refractivity contribution in [1.29, 1.82) is 0 Å². The molecule has 18 heavy (non-hydrogen) atoms. The summed E-state index contributed by atoms with van der Waals surface area (Å²) >= 11 is 1.49. The van der Waals surface area contributed by atoms with E-state index < -0.39 is 0 Å². The Bertz CT molecular complexity index is 531. The number of thiophene rings is 1. The molecule has 0 aliphatic heterocycles. The average Bonchev–Trinajstić information content (AvgIpc) is 2.86. The van der Waals surface area contributed by atoms with Gasteiger partial charge in [-0.2, -0.15) is 0 Å². The summed E-state index contributed by atoms with van der Waals surface area (Å²) in [6.45, 7) is 2.03. The molecule has 2 aromatic rings. The van der Waals surface area contributed by atoms with Crippen molar-refractivity contribution >= 4 is 17.1 Å². The van der Waals surface area contributed by atoms with E-state index in [-0.39, 0.29) is 18.2 Å². The highest BCUT2D eigenvalue weighted by molar-refractivity contribution is 7.14. The number of benzene rings is 1. The molecule has 1 aromatic heterocycles. The summed E-state index contributed by atoms with van der Waals surface area (Å²) in [5, 5.41) is 0. The third-order valence-electron chi connectivity index (χ3n) is 2.47. The number of hydrogen-bond donors (Lipinski definition) is 0. The van der Waals surface area contributed by atoms with Gasteiger partial charge in [-0.15, -0.1) is 11.3 Å². The summed E-state index contributed by atoms with van der Waals surface area (Å²) in [7, 11) is 0. The third-order valence-corrected chi connectivity index (χ3v) is 3.74. The van der Waals surface area contributed by atoms with Gasteiger partial charge in [0.25, 0.3) is 0 Å². The summed E-state index contributed by atoms with van der Waals surface area (Å²) < 4.78 is 18.0. The van der Waals surface area contributed by atoms with E-state index in [1.165, 1.54) is 40.5 Å². The van der Waals surface area contributed by atoms with Crippen LogP contribution in [0.1, 0.15) is 21.5 Å². The Morgan fingerprint density at radius 2 is 1.94 bits per heavy atom. The Kier molecular flexibility index (Phi) is 4.10. The molecule has 0 spiro atoms. The molecule has 0 amide bonds. The number of carbonyl (C=O) groups is 1. The van der Waals surface area contributed by atoms with Gasteiger partial charge in [0.05, 0.1) is 4.88 Å². The van der Waals surface area contributed by atoms with E-state index in [9.17, 15) is 9.18 Å². The Morgan fingerprint density at radius 1 is 1.22 bits per heavy atom. The van der Waals surface area contributed by atoms with Crippen LogP contribution in [0.3, 0.4) is 0 Å². The molecule has 94 valence electrons. The Morgan fingerprint density at radius 3 is 2.56 bits per heavy atom. The summed E-state index contributed by atoms with van der Waals surface area (Å²) in [5.74, 6) is 0.126. The lowest BCUT2D eigenvalue weighted by Crippen LogP contribution is -2.09. The number of hydrogen-bond acceptors (Lipinski definition) is 3. The van der Waals surface area contributed by atoms with E-state index in [0.29, 0.717) is 10.6 Å². The number of ether oxygens (including phenoxy) is 1. The van der Waals surface area contributed by atoms with Gasteiger partial charge in [0.2, 0.25) is 5.78 Å². The smallest absolute Gasteiger partial charge is 0.210 e. The van der Waals surface area contributed by atoms with Crippen LogP contribution in [0.25, 0.3) is 0 Å². The number of halogens is 1. The van der Waals surface area contributed by atoms with Gasteiger partial charge in [0.1, 0.15) is 11.6 Å². The molecule has 0 fully saturated rings. The molecule has 4 heteroatoms. The molecule has 2 nitrogen and oxygen atoms in total. The Hall–Kier alpha value is -1.68. The maximum atomic E-state index is 12.7. The van der Waals surface area contributed by atoms with Gasteiger partial charge in [0, 0.05) is 4.88 Å². The molecule has 0 unspecified atom stereocenters. The number of ketones is 1. The first kappa shape index (κ1) is 12.8. The summed E-state index contributed by atoms with van der Waals surface area (Å²) in [4.78, 5) is 13.7. The zero-order chi connectivity index (χ0) is 13.0. The Balaban J connectivity index is 1.93. The maximum absolute atomic E-state index is 12.7. The van der Waals surface area contributed by atoms with Crippen LogP contribution in [-0.2, 0) is 6.42 Å². The van der Waals surface area contributed by atoms with E-state index in [4.69, 9.17) is 4.74 Å². The van der Waals surface area contributed by atoms with Crippen molar-refractivity contribution in [2.24, 2.45) is 0 Å². The van der Waals surface area contributed by atoms with Crippen LogP contribution >= 0.6 is 11.3 Å². The van der Waals surface area contributed by atoms with Crippen molar-refractivity contribution in [3.8, 4) is 5.75 Å². The van der Waals surface area contributed by atoms with Crippen LogP contribution in [0.15, 0.2) is 36.4 Å². The Labute approximate surface area is 109 Å². The van der Waals surface area contributed by atoms with E-state index >= 15 is 0 Å². The van der Waals surface area contributed by atoms with Crippen LogP contribution in [0, 0.1) is 5.82 Å². The SMILES string of the molecule is CCc1ccc(C(=O)COc2ccc(F)cc2)s1. The van der Waals surface area contributed by atoms with Gasteiger partial charge in [0.15, 0.2) is 6.61 Å². The fourth-order valence-corrected chi connectivity index (χ4v) is 2.34. The van der Waals surface area contributed by atoms with Crippen LogP contribution in [-0.4, -0.2) is 12.4 Å². The zero-order valence-electron chi connectivity index (χ0n) is 9.98. The fraction of sp³-hybridized carbons (Fsp3) is 0.214. The van der Waals surface area contributed by atoms with E-state index in [0.717, 1.165) is 6.42 Å². The lowest BCUT2D eigenvalue weighted by molar-refractivity contribution is 0.0925. The van der Waals surface area contributed by atoms with Gasteiger partial charge in [-0.25, -0.2) is 4.39 Å². The van der Waals surface area contributed by atoms with E-state index in [1.807, 2.05) is 12.1 Å². The predicted octanol–water partition coefficient (Wildman–Crippen LogP) is 3.71. The van der Waals surface area contributed by atoms with Gasteiger partial charge >= 0.3 is 0 Å². The van der Waals surface area contributed by atoms with Gasteiger partial charge in [-0.3, -0.25) is 4.79 Å². The minimum atomic E-state index is -0.320. The molecule has 0 atom stereocenters. The first-order chi connectivity index (χ1) is 8.69. The van der Waals surface area contributed by atoms with Crippen molar-refractivity contribution in [2.75, 3.05) is 6.61 Å². The lowest BCUT2D eigenvalue weighted by Gasteiger charge is -2.03. The summed E-state index contributed by atoms with van der Waals surface area (Å²) in [5.41, 5.74) is 0. The highest BCUT2D eigenvalue weighted by Gasteiger charge is 2.09. The van der Waals surface area contributed by atoms with Crippen LogP contribution in [0.2, 0.25) is 0 Å². The van der Waals surface area contributed by atoms with Gasteiger partial charge in [-0.1, -0.05) is 6.92 Å². The number of carbonyl (C=O) groups excluding carboxylic acids is 1. The van der Waals surface area contributed by atoms with Crippen molar-refractivity contribution < 1.29 is 13.9 Å². The van der Waals surface area contributed by atoms with Crippen molar-refractivity contribution in [2.45, 2.75) is 13.3 Å². The average molecular weight is 264 g/mol. The maximum Gasteiger partial charge on any atom is 0.210 e. The largest absolute Gasteiger partial charge is 0.485 e. The third kappa shape index (κ3) is 3.17. The first-order valence-corrected chi connectivity index (χ1v) is 6.51. The van der Waals surface area contributed by atoms with Crippen molar-refractivity contribution in [3.63, 3.8) is 0 Å². The standard InChI is InChI=1S/C14H13FO2S/c1-2-12-7-8-14(18-12)13(16)9-17-11-5-3-10(15)4-6-11/h3-8H,2,9H2,1H3. The molecule has 2 rings (SSSR count).